The molecule has 0 heterocycles. The van der Waals surface area contributed by atoms with Crippen molar-refractivity contribution in [3.05, 3.63) is 52.0 Å². The van der Waals surface area contributed by atoms with E-state index in [9.17, 15) is 9.90 Å². The first-order valence-electron chi connectivity index (χ1n) is 6.38. The van der Waals surface area contributed by atoms with Crippen LogP contribution in [-0.4, -0.2) is 17.9 Å². The lowest BCUT2D eigenvalue weighted by molar-refractivity contribution is 0.234. The van der Waals surface area contributed by atoms with Crippen molar-refractivity contribution in [2.24, 2.45) is 0 Å². The minimum absolute atomic E-state index is 0.00295. The molecule has 0 atom stereocenters. The predicted molar refractivity (Wildman–Crippen MR) is 87.0 cm³/mol. The van der Waals surface area contributed by atoms with Crippen molar-refractivity contribution >= 4 is 34.9 Å². The molecule has 0 spiro atoms. The maximum absolute atomic E-state index is 11.7. The van der Waals surface area contributed by atoms with E-state index in [4.69, 9.17) is 27.9 Å². The molecule has 0 bridgehead atoms. The van der Waals surface area contributed by atoms with Crippen molar-refractivity contribution in [1.82, 2.24) is 5.32 Å². The van der Waals surface area contributed by atoms with Crippen molar-refractivity contribution in [2.45, 2.75) is 6.92 Å². The summed E-state index contributed by atoms with van der Waals surface area (Å²) < 4.78 is 5.32. The van der Waals surface area contributed by atoms with Gasteiger partial charge in [-0.1, -0.05) is 29.3 Å². The first-order valence-corrected chi connectivity index (χ1v) is 7.13. The van der Waals surface area contributed by atoms with Crippen LogP contribution in [0.2, 0.25) is 10.0 Å². The molecule has 2 aromatic rings. The number of hydrogen-bond donors (Lipinski definition) is 3. The number of amides is 2. The SMILES string of the molecule is Cc1ccc(NC(=O)NCOc2ccc(Cl)cc2Cl)c(O)c1. The van der Waals surface area contributed by atoms with E-state index in [0.29, 0.717) is 21.5 Å². The van der Waals surface area contributed by atoms with E-state index in [-0.39, 0.29) is 12.5 Å². The molecule has 2 amide bonds. The van der Waals surface area contributed by atoms with Crippen molar-refractivity contribution in [2.75, 3.05) is 12.0 Å². The topological polar surface area (TPSA) is 70.6 Å². The van der Waals surface area contributed by atoms with Gasteiger partial charge in [-0.25, -0.2) is 4.79 Å². The third kappa shape index (κ3) is 4.44. The van der Waals surface area contributed by atoms with Gasteiger partial charge in [0.15, 0.2) is 6.73 Å². The average Bonchev–Trinajstić information content (AvgIpc) is 2.44. The number of phenols is 1. The van der Waals surface area contributed by atoms with Gasteiger partial charge < -0.3 is 20.5 Å². The molecule has 0 aliphatic rings. The van der Waals surface area contributed by atoms with Gasteiger partial charge in [0.25, 0.3) is 0 Å². The van der Waals surface area contributed by atoms with E-state index in [2.05, 4.69) is 10.6 Å². The van der Waals surface area contributed by atoms with Crippen LogP contribution in [0.3, 0.4) is 0 Å². The third-order valence-corrected chi connectivity index (χ3v) is 3.29. The average molecular weight is 341 g/mol. The number of benzene rings is 2. The fourth-order valence-corrected chi connectivity index (χ4v) is 2.15. The van der Waals surface area contributed by atoms with E-state index in [1.807, 2.05) is 6.92 Å². The third-order valence-electron chi connectivity index (χ3n) is 2.76. The minimum Gasteiger partial charge on any atom is -0.506 e. The highest BCUT2D eigenvalue weighted by Crippen LogP contribution is 2.27. The molecule has 0 radical (unpaired) electrons. The Morgan fingerprint density at radius 2 is 2.00 bits per heavy atom. The standard InChI is InChI=1S/C15H14Cl2N2O3/c1-9-2-4-12(13(20)6-9)19-15(21)18-8-22-14-5-3-10(16)7-11(14)17/h2-7,20H,8H2,1H3,(H2,18,19,21). The highest BCUT2D eigenvalue weighted by molar-refractivity contribution is 6.35. The molecule has 2 aromatic carbocycles. The maximum Gasteiger partial charge on any atom is 0.321 e. The normalized spacial score (nSPS) is 10.1. The number of nitrogens with one attached hydrogen (secondary N) is 2. The van der Waals surface area contributed by atoms with Gasteiger partial charge in [-0.15, -0.1) is 0 Å². The van der Waals surface area contributed by atoms with E-state index >= 15 is 0 Å². The molecular weight excluding hydrogens is 327 g/mol. The van der Waals surface area contributed by atoms with Gasteiger partial charge in [-0.3, -0.25) is 0 Å². The number of ether oxygens (including phenoxy) is 1. The van der Waals surface area contributed by atoms with Crippen LogP contribution in [0.4, 0.5) is 10.5 Å². The number of aromatic hydroxyl groups is 1. The smallest absolute Gasteiger partial charge is 0.321 e. The number of anilines is 1. The number of halogens is 2. The van der Waals surface area contributed by atoms with E-state index in [1.54, 1.807) is 36.4 Å². The van der Waals surface area contributed by atoms with Gasteiger partial charge in [-0.2, -0.15) is 0 Å². The first kappa shape index (κ1) is 16.3. The number of urea groups is 1. The van der Waals surface area contributed by atoms with Crippen molar-refractivity contribution < 1.29 is 14.6 Å². The summed E-state index contributed by atoms with van der Waals surface area (Å²) in [4.78, 5) is 11.7. The second kappa shape index (κ2) is 7.24. The first-order chi connectivity index (χ1) is 10.5. The highest BCUT2D eigenvalue weighted by atomic mass is 35.5. The summed E-state index contributed by atoms with van der Waals surface area (Å²) >= 11 is 11.7. The summed E-state index contributed by atoms with van der Waals surface area (Å²) in [7, 11) is 0. The number of rotatable bonds is 4. The van der Waals surface area contributed by atoms with Crippen LogP contribution in [0, 0.1) is 6.92 Å². The highest BCUT2D eigenvalue weighted by Gasteiger charge is 2.07. The summed E-state index contributed by atoms with van der Waals surface area (Å²) in [5, 5.41) is 15.6. The number of carbonyl (C=O) groups is 1. The Hall–Kier alpha value is -2.11. The second-order valence-corrected chi connectivity index (χ2v) is 5.36. The van der Waals surface area contributed by atoms with Crippen LogP contribution in [0.15, 0.2) is 36.4 Å². The molecule has 0 aliphatic heterocycles. The van der Waals surface area contributed by atoms with E-state index in [0.717, 1.165) is 5.56 Å². The molecule has 5 nitrogen and oxygen atoms in total. The maximum atomic E-state index is 11.7. The molecule has 22 heavy (non-hydrogen) atoms. The van der Waals surface area contributed by atoms with Crippen molar-refractivity contribution in [3.63, 3.8) is 0 Å². The zero-order valence-corrected chi connectivity index (χ0v) is 13.2. The summed E-state index contributed by atoms with van der Waals surface area (Å²) in [6.07, 6.45) is 0. The lowest BCUT2D eigenvalue weighted by Gasteiger charge is -2.11. The second-order valence-electron chi connectivity index (χ2n) is 4.51. The van der Waals surface area contributed by atoms with Crippen molar-refractivity contribution in [1.29, 1.82) is 0 Å². The van der Waals surface area contributed by atoms with Gasteiger partial charge in [0.2, 0.25) is 0 Å². The molecule has 116 valence electrons. The Morgan fingerprint density at radius 3 is 2.68 bits per heavy atom. The van der Waals surface area contributed by atoms with Gasteiger partial charge in [0.05, 0.1) is 10.7 Å². The summed E-state index contributed by atoms with van der Waals surface area (Å²) in [6.45, 7) is 1.76. The van der Waals surface area contributed by atoms with Crippen LogP contribution in [-0.2, 0) is 0 Å². The lowest BCUT2D eigenvalue weighted by Crippen LogP contribution is -2.32. The molecule has 0 fully saturated rings. The number of carbonyl (C=O) groups excluding carboxylic acids is 1. The Bertz CT molecular complexity index is 692. The Morgan fingerprint density at radius 1 is 1.23 bits per heavy atom. The Balaban J connectivity index is 1.85. The van der Waals surface area contributed by atoms with Crippen LogP contribution >= 0.6 is 23.2 Å². The summed E-state index contributed by atoms with van der Waals surface area (Å²) in [5.41, 5.74) is 1.21. The number of hydrogen-bond acceptors (Lipinski definition) is 3. The minimum atomic E-state index is -0.510. The fourth-order valence-electron chi connectivity index (χ4n) is 1.69. The fraction of sp³-hybridized carbons (Fsp3) is 0.133. The quantitative estimate of drug-likeness (QED) is 0.577. The molecule has 0 unspecified atom stereocenters. The molecule has 0 aromatic heterocycles. The summed E-state index contributed by atoms with van der Waals surface area (Å²) in [5.74, 6) is 0.404. The van der Waals surface area contributed by atoms with Crippen LogP contribution in [0.5, 0.6) is 11.5 Å². The number of aryl methyl sites for hydroxylation is 1. The zero-order chi connectivity index (χ0) is 16.1. The predicted octanol–water partition coefficient (Wildman–Crippen LogP) is 4.17. The van der Waals surface area contributed by atoms with Crippen LogP contribution in [0.25, 0.3) is 0 Å². The van der Waals surface area contributed by atoms with Crippen LogP contribution < -0.4 is 15.4 Å². The monoisotopic (exact) mass is 340 g/mol. The molecule has 7 heteroatoms. The Labute approximate surface area is 137 Å². The molecule has 0 saturated carbocycles. The lowest BCUT2D eigenvalue weighted by atomic mass is 10.2. The molecule has 0 aliphatic carbocycles. The molecule has 2 rings (SSSR count). The summed E-state index contributed by atoms with van der Waals surface area (Å²) in [6, 6.07) is 9.22. The van der Waals surface area contributed by atoms with Gasteiger partial charge in [-0.05, 0) is 42.8 Å². The van der Waals surface area contributed by atoms with Gasteiger partial charge in [0.1, 0.15) is 11.5 Å². The Kier molecular flexibility index (Phi) is 5.35. The van der Waals surface area contributed by atoms with Crippen molar-refractivity contribution in [3.8, 4) is 11.5 Å². The van der Waals surface area contributed by atoms with Gasteiger partial charge in [0, 0.05) is 5.02 Å². The van der Waals surface area contributed by atoms with Crippen LogP contribution in [0.1, 0.15) is 5.56 Å². The molecule has 3 N–H and O–H groups in total. The molecular formula is C15H14Cl2N2O3. The zero-order valence-electron chi connectivity index (χ0n) is 11.7. The van der Waals surface area contributed by atoms with E-state index in [1.165, 1.54) is 0 Å². The molecule has 0 saturated heterocycles. The number of phenolic OH excluding ortho intramolecular Hbond substituents is 1. The largest absolute Gasteiger partial charge is 0.506 e. The van der Waals surface area contributed by atoms with Gasteiger partial charge >= 0.3 is 6.03 Å². The van der Waals surface area contributed by atoms with E-state index < -0.39 is 6.03 Å².